The summed E-state index contributed by atoms with van der Waals surface area (Å²) in [6, 6.07) is 15.2. The predicted molar refractivity (Wildman–Crippen MR) is 121 cm³/mol. The topological polar surface area (TPSA) is 114 Å². The molecule has 174 valence electrons. The maximum atomic E-state index is 12.5. The number of aliphatic carboxylic acids is 1. The van der Waals surface area contributed by atoms with E-state index in [1.54, 1.807) is 0 Å². The van der Waals surface area contributed by atoms with Gasteiger partial charge in [0.25, 0.3) is 0 Å². The van der Waals surface area contributed by atoms with Crippen molar-refractivity contribution in [3.63, 3.8) is 0 Å². The molecule has 1 aliphatic heterocycles. The van der Waals surface area contributed by atoms with Gasteiger partial charge in [0.05, 0.1) is 6.61 Å². The lowest BCUT2D eigenvalue weighted by Gasteiger charge is -2.33. The number of nitrogens with one attached hydrogen (secondary N) is 2. The summed E-state index contributed by atoms with van der Waals surface area (Å²) in [6.07, 6.45) is 0.348. The molecule has 1 heterocycles. The molecule has 8 nitrogen and oxygen atoms in total. The molecule has 0 bridgehead atoms. The van der Waals surface area contributed by atoms with E-state index in [0.717, 1.165) is 22.3 Å². The van der Waals surface area contributed by atoms with Crippen LogP contribution in [0.2, 0.25) is 0 Å². The minimum absolute atomic E-state index is 0.0524. The zero-order valence-electron chi connectivity index (χ0n) is 18.5. The summed E-state index contributed by atoms with van der Waals surface area (Å²) in [7, 11) is 0. The molecular formula is C25H28N2O6. The van der Waals surface area contributed by atoms with Gasteiger partial charge in [-0.3, -0.25) is 9.59 Å². The van der Waals surface area contributed by atoms with Crippen LogP contribution in [0.5, 0.6) is 0 Å². The van der Waals surface area contributed by atoms with Crippen molar-refractivity contribution in [3.8, 4) is 11.1 Å². The van der Waals surface area contributed by atoms with Gasteiger partial charge in [0, 0.05) is 19.1 Å². The highest BCUT2D eigenvalue weighted by molar-refractivity contribution is 5.86. The number of hydrogen-bond acceptors (Lipinski definition) is 5. The van der Waals surface area contributed by atoms with Crippen molar-refractivity contribution in [2.45, 2.75) is 31.7 Å². The summed E-state index contributed by atoms with van der Waals surface area (Å²) < 4.78 is 10.8. The van der Waals surface area contributed by atoms with E-state index in [9.17, 15) is 19.5 Å². The summed E-state index contributed by atoms with van der Waals surface area (Å²) in [5.74, 6) is -1.55. The fraction of sp³-hybridized carbons (Fsp3) is 0.400. The van der Waals surface area contributed by atoms with Gasteiger partial charge in [0.15, 0.2) is 0 Å². The number of amides is 2. The van der Waals surface area contributed by atoms with Crippen molar-refractivity contribution in [1.29, 1.82) is 0 Å². The van der Waals surface area contributed by atoms with Crippen LogP contribution in [0.15, 0.2) is 48.5 Å². The van der Waals surface area contributed by atoms with E-state index < -0.39 is 29.4 Å². The molecule has 2 aliphatic rings. The highest BCUT2D eigenvalue weighted by Gasteiger charge is 2.41. The minimum Gasteiger partial charge on any atom is -0.481 e. The van der Waals surface area contributed by atoms with Crippen molar-refractivity contribution in [3.05, 3.63) is 59.7 Å². The molecule has 0 saturated carbocycles. The Bertz CT molecular complexity index is 1000. The van der Waals surface area contributed by atoms with Gasteiger partial charge in [0.2, 0.25) is 5.91 Å². The molecule has 3 N–H and O–H groups in total. The number of carbonyl (C=O) groups is 3. The van der Waals surface area contributed by atoms with Crippen molar-refractivity contribution >= 4 is 18.0 Å². The molecule has 4 rings (SSSR count). The fourth-order valence-corrected chi connectivity index (χ4v) is 4.53. The Hall–Kier alpha value is -3.39. The Kier molecular flexibility index (Phi) is 6.65. The monoisotopic (exact) mass is 452 g/mol. The van der Waals surface area contributed by atoms with Gasteiger partial charge in [-0.05, 0) is 42.0 Å². The third-order valence-corrected chi connectivity index (χ3v) is 6.45. The average Bonchev–Trinajstić information content (AvgIpc) is 3.15. The summed E-state index contributed by atoms with van der Waals surface area (Å²) in [5, 5.41) is 14.7. The van der Waals surface area contributed by atoms with Gasteiger partial charge in [-0.2, -0.15) is 0 Å². The quantitative estimate of drug-likeness (QED) is 0.595. The maximum Gasteiger partial charge on any atom is 0.407 e. The van der Waals surface area contributed by atoms with Gasteiger partial charge in [-0.25, -0.2) is 4.79 Å². The number of alkyl carbamates (subject to hydrolysis) is 1. The molecule has 2 aromatic rings. The smallest absolute Gasteiger partial charge is 0.407 e. The third kappa shape index (κ3) is 4.71. The molecule has 2 aromatic carbocycles. The third-order valence-electron chi connectivity index (χ3n) is 6.45. The second-order valence-corrected chi connectivity index (χ2v) is 8.65. The molecule has 33 heavy (non-hydrogen) atoms. The van der Waals surface area contributed by atoms with Crippen LogP contribution >= 0.6 is 0 Å². The molecule has 1 fully saturated rings. The second-order valence-electron chi connectivity index (χ2n) is 8.65. The fourth-order valence-electron chi connectivity index (χ4n) is 4.53. The summed E-state index contributed by atoms with van der Waals surface area (Å²) in [6.45, 7) is 2.19. The first-order chi connectivity index (χ1) is 15.9. The molecule has 1 unspecified atom stereocenters. The average molecular weight is 453 g/mol. The first-order valence-electron chi connectivity index (χ1n) is 11.1. The van der Waals surface area contributed by atoms with E-state index in [1.807, 2.05) is 36.4 Å². The Morgan fingerprint density at radius 3 is 2.33 bits per heavy atom. The van der Waals surface area contributed by atoms with E-state index in [-0.39, 0.29) is 25.7 Å². The zero-order valence-corrected chi connectivity index (χ0v) is 18.5. The lowest BCUT2D eigenvalue weighted by atomic mass is 9.82. The van der Waals surface area contributed by atoms with Gasteiger partial charge in [0.1, 0.15) is 18.1 Å². The van der Waals surface area contributed by atoms with Gasteiger partial charge in [-0.1, -0.05) is 48.5 Å². The number of ether oxygens (including phenoxy) is 2. The van der Waals surface area contributed by atoms with Crippen LogP contribution in [0.4, 0.5) is 4.79 Å². The van der Waals surface area contributed by atoms with Crippen LogP contribution < -0.4 is 10.6 Å². The zero-order chi connectivity index (χ0) is 23.4. The molecule has 1 aliphatic carbocycles. The van der Waals surface area contributed by atoms with Crippen molar-refractivity contribution in [2.24, 2.45) is 5.41 Å². The van der Waals surface area contributed by atoms with Crippen LogP contribution in [-0.4, -0.2) is 55.5 Å². The molecular weight excluding hydrogens is 424 g/mol. The summed E-state index contributed by atoms with van der Waals surface area (Å²) in [4.78, 5) is 36.5. The first-order valence-corrected chi connectivity index (χ1v) is 11.1. The Labute approximate surface area is 192 Å². The van der Waals surface area contributed by atoms with Gasteiger partial charge >= 0.3 is 12.1 Å². The minimum atomic E-state index is -1.14. The second kappa shape index (κ2) is 9.62. The molecule has 0 radical (unpaired) electrons. The number of carbonyl (C=O) groups excluding carboxylic acids is 2. The Morgan fingerprint density at radius 1 is 1.12 bits per heavy atom. The van der Waals surface area contributed by atoms with E-state index >= 15 is 0 Å². The van der Waals surface area contributed by atoms with Crippen LogP contribution in [0.3, 0.4) is 0 Å². The number of carboxylic acids is 1. The van der Waals surface area contributed by atoms with E-state index in [2.05, 4.69) is 22.8 Å². The lowest BCUT2D eigenvalue weighted by Crippen LogP contribution is -2.52. The van der Waals surface area contributed by atoms with Crippen LogP contribution in [0, 0.1) is 5.41 Å². The van der Waals surface area contributed by atoms with E-state index in [0.29, 0.717) is 19.4 Å². The Morgan fingerprint density at radius 2 is 1.76 bits per heavy atom. The maximum absolute atomic E-state index is 12.5. The highest BCUT2D eigenvalue weighted by Crippen LogP contribution is 2.44. The van der Waals surface area contributed by atoms with Crippen molar-refractivity contribution in [2.75, 3.05) is 26.4 Å². The number of benzene rings is 2. The molecule has 8 heteroatoms. The number of hydrogen-bond donors (Lipinski definition) is 3. The largest absolute Gasteiger partial charge is 0.481 e. The standard InChI is InChI=1S/C25H28N2O6/c1-16(22(28)26-14-25(23(29)30)11-6-12-32-15-25)27-24(31)33-13-21-19-9-4-2-7-17(19)18-8-3-5-10-20(18)21/h2-5,7-10,16,21H,6,11-15H2,1H3,(H,26,28)(H,27,31)(H,29,30)/t16-,25?/m0/s1. The highest BCUT2D eigenvalue weighted by atomic mass is 16.5. The number of carboxylic acid groups (broad SMARTS) is 1. The molecule has 1 saturated heterocycles. The predicted octanol–water partition coefficient (Wildman–Crippen LogP) is 2.91. The van der Waals surface area contributed by atoms with E-state index in [4.69, 9.17) is 9.47 Å². The van der Waals surface area contributed by atoms with E-state index in [1.165, 1.54) is 6.92 Å². The molecule has 2 atom stereocenters. The SMILES string of the molecule is C[C@H](NC(=O)OCC1c2ccccc2-c2ccccc21)C(=O)NCC1(C(=O)O)CCCOC1. The van der Waals surface area contributed by atoms with Crippen molar-refractivity contribution < 1.29 is 29.0 Å². The molecule has 0 aromatic heterocycles. The van der Waals surface area contributed by atoms with Crippen LogP contribution in [0.25, 0.3) is 11.1 Å². The Balaban J connectivity index is 1.31. The normalized spacial score (nSPS) is 20.3. The van der Waals surface area contributed by atoms with Crippen molar-refractivity contribution in [1.82, 2.24) is 10.6 Å². The number of rotatable bonds is 7. The molecule has 2 amide bonds. The number of fused-ring (bicyclic) bond motifs is 3. The summed E-state index contributed by atoms with van der Waals surface area (Å²) >= 11 is 0. The van der Waals surface area contributed by atoms with Gasteiger partial charge in [-0.15, -0.1) is 0 Å². The lowest BCUT2D eigenvalue weighted by molar-refractivity contribution is -0.157. The van der Waals surface area contributed by atoms with Crippen LogP contribution in [0.1, 0.15) is 36.8 Å². The van der Waals surface area contributed by atoms with Crippen LogP contribution in [-0.2, 0) is 19.1 Å². The first kappa shape index (κ1) is 22.8. The molecule has 0 spiro atoms. The summed E-state index contributed by atoms with van der Waals surface area (Å²) in [5.41, 5.74) is 3.33. The van der Waals surface area contributed by atoms with Gasteiger partial charge < -0.3 is 25.2 Å².